The first-order chi connectivity index (χ1) is 3.93. The quantitative estimate of drug-likeness (QED) is 0.561. The van der Waals surface area contributed by atoms with Crippen molar-refractivity contribution in [1.82, 2.24) is 5.32 Å². The summed E-state index contributed by atoms with van der Waals surface area (Å²) >= 11 is 5.54. The summed E-state index contributed by atoms with van der Waals surface area (Å²) < 4.78 is 0. The van der Waals surface area contributed by atoms with Gasteiger partial charge in [-0.1, -0.05) is 0 Å². The third-order valence-electron chi connectivity index (χ3n) is 1.62. The van der Waals surface area contributed by atoms with Crippen LogP contribution < -0.4 is 5.32 Å². The molecule has 1 fully saturated rings. The Hall–Kier alpha value is 0.250. The highest BCUT2D eigenvalue weighted by Gasteiger charge is 2.11. The van der Waals surface area contributed by atoms with E-state index in [-0.39, 0.29) is 0 Å². The lowest BCUT2D eigenvalue weighted by atomic mass is 10.2. The molecular weight excluding hydrogens is 122 g/mol. The molecule has 0 saturated carbocycles. The van der Waals surface area contributed by atoms with Gasteiger partial charge >= 0.3 is 0 Å². The van der Waals surface area contributed by atoms with Gasteiger partial charge in [-0.2, -0.15) is 0 Å². The van der Waals surface area contributed by atoms with Crippen molar-refractivity contribution in [2.45, 2.75) is 25.3 Å². The van der Waals surface area contributed by atoms with Gasteiger partial charge in [-0.25, -0.2) is 0 Å². The van der Waals surface area contributed by atoms with Crippen molar-refractivity contribution in [3.05, 3.63) is 0 Å². The van der Waals surface area contributed by atoms with E-state index in [0.29, 0.717) is 0 Å². The molecule has 1 aliphatic rings. The van der Waals surface area contributed by atoms with Gasteiger partial charge in [0.2, 0.25) is 0 Å². The maximum absolute atomic E-state index is 5.54. The van der Waals surface area contributed by atoms with Crippen LogP contribution in [-0.2, 0) is 0 Å². The largest absolute Gasteiger partial charge is 0.314 e. The van der Waals surface area contributed by atoms with E-state index < -0.39 is 0 Å². The summed E-state index contributed by atoms with van der Waals surface area (Å²) in [6.07, 6.45) is 3.80. The van der Waals surface area contributed by atoms with Crippen molar-refractivity contribution in [3.8, 4) is 0 Å². The summed E-state index contributed by atoms with van der Waals surface area (Å²) in [6, 6.07) is 0.729. The van der Waals surface area contributed by atoms with Gasteiger partial charge in [0, 0.05) is 11.9 Å². The van der Waals surface area contributed by atoms with Crippen molar-refractivity contribution in [1.29, 1.82) is 0 Å². The predicted molar refractivity (Wildman–Crippen MR) is 36.4 cm³/mol. The average molecular weight is 134 g/mol. The molecule has 8 heavy (non-hydrogen) atoms. The van der Waals surface area contributed by atoms with Crippen molar-refractivity contribution in [3.63, 3.8) is 0 Å². The zero-order valence-corrected chi connectivity index (χ0v) is 5.75. The fourth-order valence-electron chi connectivity index (χ4n) is 1.13. The van der Waals surface area contributed by atoms with Gasteiger partial charge in [-0.3, -0.25) is 0 Å². The molecule has 0 radical (unpaired) electrons. The monoisotopic (exact) mass is 133 g/mol. The summed E-state index contributed by atoms with van der Waals surface area (Å²) in [6.45, 7) is 1.20. The van der Waals surface area contributed by atoms with Gasteiger partial charge in [-0.15, -0.1) is 11.6 Å². The Morgan fingerprint density at radius 3 is 3.00 bits per heavy atom. The third kappa shape index (κ3) is 1.64. The summed E-state index contributed by atoms with van der Waals surface area (Å²) in [5.41, 5.74) is 0. The lowest BCUT2D eigenvalue weighted by molar-refractivity contribution is 0.590. The van der Waals surface area contributed by atoms with Gasteiger partial charge in [0.25, 0.3) is 0 Å². The molecular formula is C6H12ClN. The van der Waals surface area contributed by atoms with Gasteiger partial charge in [0.15, 0.2) is 0 Å². The molecule has 0 aromatic rings. The van der Waals surface area contributed by atoms with Crippen LogP contribution in [0.2, 0.25) is 0 Å². The van der Waals surface area contributed by atoms with Gasteiger partial charge in [0.05, 0.1) is 0 Å². The molecule has 0 amide bonds. The van der Waals surface area contributed by atoms with Crippen LogP contribution >= 0.6 is 11.6 Å². The number of hydrogen-bond donors (Lipinski definition) is 1. The van der Waals surface area contributed by atoms with Gasteiger partial charge < -0.3 is 5.32 Å². The zero-order chi connectivity index (χ0) is 5.82. The lowest BCUT2D eigenvalue weighted by Gasteiger charge is -2.04. The van der Waals surface area contributed by atoms with Crippen LogP contribution in [0.3, 0.4) is 0 Å². The van der Waals surface area contributed by atoms with Crippen LogP contribution in [0.4, 0.5) is 0 Å². The van der Waals surface area contributed by atoms with Gasteiger partial charge in [-0.05, 0) is 25.8 Å². The smallest absolute Gasteiger partial charge is 0.0238 e. The first-order valence-electron chi connectivity index (χ1n) is 3.23. The van der Waals surface area contributed by atoms with Crippen molar-refractivity contribution < 1.29 is 0 Å². The molecule has 1 heterocycles. The van der Waals surface area contributed by atoms with E-state index in [1.54, 1.807) is 0 Å². The van der Waals surface area contributed by atoms with Gasteiger partial charge in [0.1, 0.15) is 0 Å². The summed E-state index contributed by atoms with van der Waals surface area (Å²) in [4.78, 5) is 0. The van der Waals surface area contributed by atoms with E-state index in [1.807, 2.05) is 0 Å². The summed E-state index contributed by atoms with van der Waals surface area (Å²) in [7, 11) is 0. The van der Waals surface area contributed by atoms with E-state index >= 15 is 0 Å². The molecule has 0 bridgehead atoms. The highest BCUT2D eigenvalue weighted by molar-refractivity contribution is 6.17. The molecule has 0 spiro atoms. The molecule has 1 atom stereocenters. The minimum atomic E-state index is 0.729. The molecule has 1 N–H and O–H groups in total. The Kier molecular flexibility index (Phi) is 2.64. The number of hydrogen-bond acceptors (Lipinski definition) is 1. The molecule has 2 heteroatoms. The molecule has 1 rings (SSSR count). The normalized spacial score (nSPS) is 28.9. The molecule has 0 aliphatic carbocycles. The Morgan fingerprint density at radius 1 is 1.62 bits per heavy atom. The predicted octanol–water partition coefficient (Wildman–Crippen LogP) is 1.37. The van der Waals surface area contributed by atoms with Crippen LogP contribution in [0.15, 0.2) is 0 Å². The van der Waals surface area contributed by atoms with Crippen molar-refractivity contribution in [2.24, 2.45) is 0 Å². The number of halogens is 1. The molecule has 1 saturated heterocycles. The molecule has 1 nitrogen and oxygen atoms in total. The van der Waals surface area contributed by atoms with E-state index in [0.717, 1.165) is 18.3 Å². The molecule has 0 aromatic carbocycles. The number of nitrogens with one attached hydrogen (secondary N) is 1. The highest BCUT2D eigenvalue weighted by Crippen LogP contribution is 2.08. The average Bonchev–Trinajstić information content (AvgIpc) is 2.19. The van der Waals surface area contributed by atoms with Crippen molar-refractivity contribution >= 4 is 11.6 Å². The topological polar surface area (TPSA) is 12.0 Å². The Bertz CT molecular complexity index is 59.5. The second-order valence-corrected chi connectivity index (χ2v) is 2.65. The maximum Gasteiger partial charge on any atom is 0.0238 e. The third-order valence-corrected chi connectivity index (χ3v) is 1.84. The summed E-state index contributed by atoms with van der Waals surface area (Å²) in [5, 5.41) is 3.37. The van der Waals surface area contributed by atoms with E-state index in [9.17, 15) is 0 Å². The molecule has 48 valence electrons. The SMILES string of the molecule is ClCCC1CCCN1. The van der Waals surface area contributed by atoms with E-state index in [1.165, 1.54) is 19.4 Å². The van der Waals surface area contributed by atoms with E-state index in [2.05, 4.69) is 5.32 Å². The first kappa shape index (κ1) is 6.37. The molecule has 1 unspecified atom stereocenters. The second-order valence-electron chi connectivity index (χ2n) is 2.27. The molecule has 0 aromatic heterocycles. The Morgan fingerprint density at radius 2 is 2.50 bits per heavy atom. The van der Waals surface area contributed by atoms with Crippen LogP contribution in [-0.4, -0.2) is 18.5 Å². The van der Waals surface area contributed by atoms with E-state index in [4.69, 9.17) is 11.6 Å². The summed E-state index contributed by atoms with van der Waals surface area (Å²) in [5.74, 6) is 0.803. The molecule has 1 aliphatic heterocycles. The van der Waals surface area contributed by atoms with Crippen molar-refractivity contribution in [2.75, 3.05) is 12.4 Å². The maximum atomic E-state index is 5.54. The number of alkyl halides is 1. The fraction of sp³-hybridized carbons (Fsp3) is 1.00. The van der Waals surface area contributed by atoms with Crippen LogP contribution in [0.25, 0.3) is 0 Å². The Labute approximate surface area is 55.4 Å². The highest BCUT2D eigenvalue weighted by atomic mass is 35.5. The lowest BCUT2D eigenvalue weighted by Crippen LogP contribution is -2.21. The number of rotatable bonds is 2. The van der Waals surface area contributed by atoms with Crippen LogP contribution in [0.5, 0.6) is 0 Å². The minimum Gasteiger partial charge on any atom is -0.314 e. The zero-order valence-electron chi connectivity index (χ0n) is 4.99. The fourth-order valence-corrected chi connectivity index (χ4v) is 1.40. The standard InChI is InChI=1S/C6H12ClN/c7-4-3-6-2-1-5-8-6/h6,8H,1-5H2. The van der Waals surface area contributed by atoms with Crippen LogP contribution in [0, 0.1) is 0 Å². The minimum absolute atomic E-state index is 0.729. The van der Waals surface area contributed by atoms with Crippen LogP contribution in [0.1, 0.15) is 19.3 Å². The second kappa shape index (κ2) is 3.31. The Balaban J connectivity index is 2.06. The first-order valence-corrected chi connectivity index (χ1v) is 3.76.